The van der Waals surface area contributed by atoms with Gasteiger partial charge in [0.05, 0.1) is 0 Å². The molecule has 0 amide bonds. The van der Waals surface area contributed by atoms with E-state index in [4.69, 9.17) is 0 Å². The van der Waals surface area contributed by atoms with Crippen LogP contribution in [0.5, 0.6) is 5.75 Å². The lowest BCUT2D eigenvalue weighted by molar-refractivity contribution is 0.111. The normalized spacial score (nSPS) is 28.6. The molecule has 104 valence electrons. The molecule has 2 fully saturated rings. The second kappa shape index (κ2) is 5.93. The number of benzene rings is 1. The molecule has 2 atom stereocenters. The molecule has 3 rings (SSSR count). The van der Waals surface area contributed by atoms with Crippen LogP contribution in [-0.2, 0) is 6.54 Å². The smallest absolute Gasteiger partial charge is 0.120 e. The molecular weight excluding hydrogens is 236 g/mol. The first-order chi connectivity index (χ1) is 9.34. The van der Waals surface area contributed by atoms with Crippen LogP contribution in [0.4, 0.5) is 0 Å². The summed E-state index contributed by atoms with van der Waals surface area (Å²) >= 11 is 0. The van der Waals surface area contributed by atoms with Gasteiger partial charge in [-0.25, -0.2) is 0 Å². The van der Waals surface area contributed by atoms with Gasteiger partial charge in [-0.3, -0.25) is 4.90 Å². The third kappa shape index (κ3) is 2.93. The summed E-state index contributed by atoms with van der Waals surface area (Å²) in [6.07, 6.45) is 6.55. The highest BCUT2D eigenvalue weighted by molar-refractivity contribution is 5.31. The molecule has 0 saturated carbocycles. The summed E-state index contributed by atoms with van der Waals surface area (Å²) in [5.74, 6) is 0.436. The number of piperidine rings is 1. The lowest BCUT2D eigenvalue weighted by Crippen LogP contribution is -2.49. The minimum absolute atomic E-state index is 0.436. The molecule has 0 spiro atoms. The lowest BCUT2D eigenvalue weighted by Gasteiger charge is -2.39. The molecule has 2 aliphatic rings. The van der Waals surface area contributed by atoms with E-state index in [0.717, 1.165) is 18.7 Å². The predicted molar refractivity (Wildman–Crippen MR) is 77.2 cm³/mol. The quantitative estimate of drug-likeness (QED) is 0.876. The monoisotopic (exact) mass is 260 g/mol. The summed E-state index contributed by atoms with van der Waals surface area (Å²) < 4.78 is 0. The largest absolute Gasteiger partial charge is 0.508 e. The highest BCUT2D eigenvalue weighted by atomic mass is 16.3. The van der Waals surface area contributed by atoms with Crippen molar-refractivity contribution in [3.63, 3.8) is 0 Å². The summed E-state index contributed by atoms with van der Waals surface area (Å²) in [5.41, 5.74) is 1.06. The highest BCUT2D eigenvalue weighted by Gasteiger charge is 2.31. The van der Waals surface area contributed by atoms with Gasteiger partial charge in [0.2, 0.25) is 0 Å². The van der Waals surface area contributed by atoms with Gasteiger partial charge < -0.3 is 10.4 Å². The van der Waals surface area contributed by atoms with Crippen molar-refractivity contribution >= 4 is 0 Å². The Morgan fingerprint density at radius 2 is 2.05 bits per heavy atom. The van der Waals surface area contributed by atoms with Crippen molar-refractivity contribution in [1.82, 2.24) is 10.2 Å². The molecule has 2 heterocycles. The first-order valence-corrected chi connectivity index (χ1v) is 7.59. The average Bonchev–Trinajstić information content (AvgIpc) is 2.96. The Morgan fingerprint density at radius 3 is 2.84 bits per heavy atom. The SMILES string of the molecule is Oc1ccccc1CN1CCCCC1C1CCCN1. The molecule has 2 unspecified atom stereocenters. The fourth-order valence-electron chi connectivity index (χ4n) is 3.57. The van der Waals surface area contributed by atoms with Crippen LogP contribution < -0.4 is 5.32 Å². The van der Waals surface area contributed by atoms with Crippen LogP contribution in [0.25, 0.3) is 0 Å². The van der Waals surface area contributed by atoms with E-state index in [0.29, 0.717) is 17.8 Å². The Hall–Kier alpha value is -1.06. The number of phenolic OH excluding ortho intramolecular Hbond substituents is 1. The number of para-hydroxylation sites is 1. The molecule has 3 heteroatoms. The van der Waals surface area contributed by atoms with Gasteiger partial charge in [0.25, 0.3) is 0 Å². The first-order valence-electron chi connectivity index (χ1n) is 7.59. The summed E-state index contributed by atoms with van der Waals surface area (Å²) in [6.45, 7) is 3.22. The lowest BCUT2D eigenvalue weighted by atomic mass is 9.94. The number of nitrogens with one attached hydrogen (secondary N) is 1. The van der Waals surface area contributed by atoms with Crippen molar-refractivity contribution in [3.8, 4) is 5.75 Å². The Balaban J connectivity index is 1.71. The van der Waals surface area contributed by atoms with Crippen molar-refractivity contribution in [2.45, 2.75) is 50.7 Å². The molecule has 0 aromatic heterocycles. The van der Waals surface area contributed by atoms with Gasteiger partial charge in [-0.2, -0.15) is 0 Å². The summed E-state index contributed by atoms with van der Waals surface area (Å²) in [7, 11) is 0. The van der Waals surface area contributed by atoms with Crippen LogP contribution in [0, 0.1) is 0 Å². The van der Waals surface area contributed by atoms with E-state index in [1.807, 2.05) is 18.2 Å². The van der Waals surface area contributed by atoms with E-state index < -0.39 is 0 Å². The van der Waals surface area contributed by atoms with Gasteiger partial charge in [0.15, 0.2) is 0 Å². The molecule has 2 aliphatic heterocycles. The Kier molecular flexibility index (Phi) is 4.04. The van der Waals surface area contributed by atoms with Crippen LogP contribution in [0.1, 0.15) is 37.7 Å². The summed E-state index contributed by atoms with van der Waals surface area (Å²) in [4.78, 5) is 2.57. The van der Waals surface area contributed by atoms with Crippen molar-refractivity contribution in [1.29, 1.82) is 0 Å². The second-order valence-corrected chi connectivity index (χ2v) is 5.87. The zero-order chi connectivity index (χ0) is 13.1. The molecule has 0 aliphatic carbocycles. The zero-order valence-electron chi connectivity index (χ0n) is 11.5. The van der Waals surface area contributed by atoms with Crippen molar-refractivity contribution in [3.05, 3.63) is 29.8 Å². The number of hydrogen-bond acceptors (Lipinski definition) is 3. The fraction of sp³-hybridized carbons (Fsp3) is 0.625. The molecular formula is C16H24N2O. The number of nitrogens with zero attached hydrogens (tertiary/aromatic N) is 1. The van der Waals surface area contributed by atoms with E-state index in [1.54, 1.807) is 6.07 Å². The van der Waals surface area contributed by atoms with Crippen LogP contribution >= 0.6 is 0 Å². The molecule has 1 aromatic carbocycles. The van der Waals surface area contributed by atoms with Gasteiger partial charge in [-0.05, 0) is 44.8 Å². The molecule has 2 N–H and O–H groups in total. The summed E-state index contributed by atoms with van der Waals surface area (Å²) in [5, 5.41) is 13.6. The van der Waals surface area contributed by atoms with Crippen molar-refractivity contribution in [2.24, 2.45) is 0 Å². The zero-order valence-corrected chi connectivity index (χ0v) is 11.5. The molecule has 1 aromatic rings. The topological polar surface area (TPSA) is 35.5 Å². The fourth-order valence-corrected chi connectivity index (χ4v) is 3.57. The molecule has 19 heavy (non-hydrogen) atoms. The van der Waals surface area contributed by atoms with Crippen LogP contribution in [0.3, 0.4) is 0 Å². The van der Waals surface area contributed by atoms with Gasteiger partial charge in [-0.15, -0.1) is 0 Å². The molecule has 0 bridgehead atoms. The van der Waals surface area contributed by atoms with Crippen LogP contribution in [-0.4, -0.2) is 35.2 Å². The maximum absolute atomic E-state index is 9.95. The van der Waals surface area contributed by atoms with E-state index in [2.05, 4.69) is 10.2 Å². The van der Waals surface area contributed by atoms with Crippen molar-refractivity contribution < 1.29 is 5.11 Å². The number of likely N-dealkylation sites (tertiary alicyclic amines) is 1. The summed E-state index contributed by atoms with van der Waals surface area (Å²) in [6, 6.07) is 9.06. The maximum Gasteiger partial charge on any atom is 0.120 e. The van der Waals surface area contributed by atoms with Gasteiger partial charge in [0, 0.05) is 24.2 Å². The van der Waals surface area contributed by atoms with E-state index in [-0.39, 0.29) is 0 Å². The maximum atomic E-state index is 9.95. The predicted octanol–water partition coefficient (Wildman–Crippen LogP) is 2.50. The number of hydrogen-bond donors (Lipinski definition) is 2. The standard InChI is InChI=1S/C16H24N2O/c19-16-9-2-1-6-13(16)12-18-11-4-3-8-15(18)14-7-5-10-17-14/h1-2,6,9,14-15,17,19H,3-5,7-8,10-12H2. The average molecular weight is 260 g/mol. The third-order valence-corrected chi connectivity index (χ3v) is 4.59. The second-order valence-electron chi connectivity index (χ2n) is 5.87. The van der Waals surface area contributed by atoms with E-state index >= 15 is 0 Å². The van der Waals surface area contributed by atoms with E-state index in [1.165, 1.54) is 38.6 Å². The van der Waals surface area contributed by atoms with Gasteiger partial charge >= 0.3 is 0 Å². The molecule has 0 radical (unpaired) electrons. The highest BCUT2D eigenvalue weighted by Crippen LogP contribution is 2.27. The molecule has 3 nitrogen and oxygen atoms in total. The number of phenols is 1. The Bertz CT molecular complexity index is 415. The van der Waals surface area contributed by atoms with Gasteiger partial charge in [-0.1, -0.05) is 24.6 Å². The van der Waals surface area contributed by atoms with Crippen LogP contribution in [0.2, 0.25) is 0 Å². The Morgan fingerprint density at radius 1 is 1.16 bits per heavy atom. The Labute approximate surface area is 115 Å². The first kappa shape index (κ1) is 12.9. The van der Waals surface area contributed by atoms with Crippen molar-refractivity contribution in [2.75, 3.05) is 13.1 Å². The van der Waals surface area contributed by atoms with Crippen LogP contribution in [0.15, 0.2) is 24.3 Å². The minimum Gasteiger partial charge on any atom is -0.508 e. The third-order valence-electron chi connectivity index (χ3n) is 4.59. The van der Waals surface area contributed by atoms with E-state index in [9.17, 15) is 5.11 Å². The number of aromatic hydroxyl groups is 1. The minimum atomic E-state index is 0.436. The molecule has 2 saturated heterocycles. The van der Waals surface area contributed by atoms with Gasteiger partial charge in [0.1, 0.15) is 5.75 Å². The number of rotatable bonds is 3.